The number of hydrogen-bond donors (Lipinski definition) is 2. The Kier molecular flexibility index (Phi) is 3.62. The molecule has 2 aromatic carbocycles. The number of hydrogen-bond acceptors (Lipinski definition) is 7. The van der Waals surface area contributed by atoms with E-state index in [4.69, 9.17) is 0 Å². The van der Waals surface area contributed by atoms with Crippen LogP contribution < -0.4 is 0 Å². The quantitative estimate of drug-likeness (QED) is 0.427. The van der Waals surface area contributed by atoms with E-state index in [0.717, 1.165) is 17.8 Å². The number of nitrogens with zero attached hydrogens (tertiary/aromatic N) is 4. The van der Waals surface area contributed by atoms with Gasteiger partial charge in [0.05, 0.1) is 26.9 Å². The largest absolute Gasteiger partial charge is 0.502 e. The van der Waals surface area contributed by atoms with Gasteiger partial charge in [-0.15, -0.1) is 0 Å². The molecule has 0 saturated heterocycles. The number of nitro groups is 2. The molecule has 10 heteroatoms. The maximum atomic E-state index is 10.9. The Morgan fingerprint density at radius 2 is 1.92 bits per heavy atom. The zero-order valence-corrected chi connectivity index (χ0v) is 11.9. The average molecular weight is 327 g/mol. The molecule has 2 N–H and O–H groups in total. The van der Waals surface area contributed by atoms with Crippen LogP contribution >= 0.6 is 0 Å². The number of benzene rings is 2. The number of phenols is 1. The number of nitro benzene ring substituents is 2. The van der Waals surface area contributed by atoms with Crippen molar-refractivity contribution in [1.29, 1.82) is 0 Å². The Balaban J connectivity index is 2.04. The predicted molar refractivity (Wildman–Crippen MR) is 84.8 cm³/mol. The van der Waals surface area contributed by atoms with E-state index in [2.05, 4.69) is 15.0 Å². The maximum Gasteiger partial charge on any atom is 0.318 e. The number of non-ortho nitro benzene ring substituents is 1. The Morgan fingerprint density at radius 3 is 2.58 bits per heavy atom. The van der Waals surface area contributed by atoms with Crippen molar-refractivity contribution in [2.45, 2.75) is 0 Å². The van der Waals surface area contributed by atoms with Gasteiger partial charge in [-0.2, -0.15) is 0 Å². The number of imidazole rings is 1. The molecule has 3 aromatic rings. The number of rotatable bonds is 4. The molecule has 0 spiro atoms. The van der Waals surface area contributed by atoms with Crippen LogP contribution in [0.3, 0.4) is 0 Å². The number of para-hydroxylation sites is 2. The van der Waals surface area contributed by atoms with Gasteiger partial charge in [-0.1, -0.05) is 12.1 Å². The van der Waals surface area contributed by atoms with Gasteiger partial charge in [0.25, 0.3) is 5.69 Å². The molecule has 10 nitrogen and oxygen atoms in total. The molecular formula is C14H9N5O5. The van der Waals surface area contributed by atoms with Gasteiger partial charge in [0.2, 0.25) is 11.7 Å². The number of aliphatic imine (C=N–C) groups is 1. The Morgan fingerprint density at radius 1 is 1.17 bits per heavy atom. The molecule has 0 aliphatic heterocycles. The maximum absolute atomic E-state index is 10.9. The van der Waals surface area contributed by atoms with Gasteiger partial charge in [-0.25, -0.2) is 9.98 Å². The molecule has 0 aliphatic rings. The number of H-pyrrole nitrogens is 1. The minimum absolute atomic E-state index is 0.156. The third kappa shape index (κ3) is 2.75. The first-order valence-electron chi connectivity index (χ1n) is 6.60. The third-order valence-electron chi connectivity index (χ3n) is 3.21. The summed E-state index contributed by atoms with van der Waals surface area (Å²) in [6.07, 6.45) is 1.08. The van der Waals surface area contributed by atoms with Gasteiger partial charge in [-0.3, -0.25) is 20.2 Å². The standard InChI is InChI=1S/C14H9N5O5/c20-13-8(5-9(18(21)22)6-12(13)19(23)24)7-15-14-16-10-3-1-2-4-11(10)17-14/h1-7,20H,(H,16,17). The summed E-state index contributed by atoms with van der Waals surface area (Å²) in [5.74, 6) is -0.504. The fourth-order valence-electron chi connectivity index (χ4n) is 2.10. The minimum atomic E-state index is -0.902. The van der Waals surface area contributed by atoms with Crippen molar-refractivity contribution in [3.8, 4) is 5.75 Å². The fraction of sp³-hybridized carbons (Fsp3) is 0. The highest BCUT2D eigenvalue weighted by molar-refractivity contribution is 5.89. The second kappa shape index (κ2) is 5.76. The summed E-state index contributed by atoms with van der Waals surface area (Å²) >= 11 is 0. The monoisotopic (exact) mass is 327 g/mol. The van der Waals surface area contributed by atoms with Crippen LogP contribution in [0.4, 0.5) is 17.3 Å². The number of aromatic nitrogens is 2. The van der Waals surface area contributed by atoms with Gasteiger partial charge >= 0.3 is 5.69 Å². The van der Waals surface area contributed by atoms with Crippen molar-refractivity contribution in [2.24, 2.45) is 4.99 Å². The van der Waals surface area contributed by atoms with Crippen LogP contribution in [0.25, 0.3) is 11.0 Å². The first-order valence-corrected chi connectivity index (χ1v) is 6.60. The lowest BCUT2D eigenvalue weighted by Gasteiger charge is -2.00. The lowest BCUT2D eigenvalue weighted by Crippen LogP contribution is -1.96. The van der Waals surface area contributed by atoms with E-state index in [-0.39, 0.29) is 11.5 Å². The molecule has 120 valence electrons. The molecule has 0 radical (unpaired) electrons. The number of phenolic OH excluding ortho intramolecular Hbond substituents is 1. The number of nitrogens with one attached hydrogen (secondary N) is 1. The molecule has 0 unspecified atom stereocenters. The van der Waals surface area contributed by atoms with E-state index < -0.39 is 27.0 Å². The summed E-state index contributed by atoms with van der Waals surface area (Å²) in [5, 5.41) is 31.7. The Hall–Kier alpha value is -3.82. The molecule has 0 amide bonds. The number of aromatic amines is 1. The predicted octanol–water partition coefficient (Wildman–Crippen LogP) is 2.84. The molecular weight excluding hydrogens is 318 g/mol. The zero-order chi connectivity index (χ0) is 17.3. The van der Waals surface area contributed by atoms with Crippen LogP contribution in [0.1, 0.15) is 5.56 Å². The topological polar surface area (TPSA) is 148 Å². The molecule has 0 saturated carbocycles. The lowest BCUT2D eigenvalue weighted by atomic mass is 10.1. The summed E-state index contributed by atoms with van der Waals surface area (Å²) in [6, 6.07) is 8.84. The Labute approximate surface area is 133 Å². The smallest absolute Gasteiger partial charge is 0.318 e. The van der Waals surface area contributed by atoms with E-state index in [1.165, 1.54) is 0 Å². The van der Waals surface area contributed by atoms with Crippen LogP contribution in [0.15, 0.2) is 41.4 Å². The van der Waals surface area contributed by atoms with E-state index in [9.17, 15) is 25.3 Å². The molecule has 1 heterocycles. The van der Waals surface area contributed by atoms with Crippen molar-refractivity contribution in [3.63, 3.8) is 0 Å². The third-order valence-corrected chi connectivity index (χ3v) is 3.21. The summed E-state index contributed by atoms with van der Waals surface area (Å²) in [7, 11) is 0. The second-order valence-corrected chi connectivity index (χ2v) is 4.75. The summed E-state index contributed by atoms with van der Waals surface area (Å²) in [4.78, 5) is 31.1. The van der Waals surface area contributed by atoms with E-state index in [1.54, 1.807) is 18.2 Å². The number of fused-ring (bicyclic) bond motifs is 1. The van der Waals surface area contributed by atoms with Crippen LogP contribution in [0, 0.1) is 20.2 Å². The lowest BCUT2D eigenvalue weighted by molar-refractivity contribution is -0.394. The average Bonchev–Trinajstić information content (AvgIpc) is 2.96. The second-order valence-electron chi connectivity index (χ2n) is 4.75. The highest BCUT2D eigenvalue weighted by Gasteiger charge is 2.23. The van der Waals surface area contributed by atoms with Gasteiger partial charge in [0, 0.05) is 17.8 Å². The van der Waals surface area contributed by atoms with E-state index in [0.29, 0.717) is 11.6 Å². The minimum Gasteiger partial charge on any atom is -0.502 e. The summed E-state index contributed by atoms with van der Waals surface area (Å²) in [6.45, 7) is 0. The highest BCUT2D eigenvalue weighted by atomic mass is 16.6. The van der Waals surface area contributed by atoms with Crippen LogP contribution in [-0.2, 0) is 0 Å². The van der Waals surface area contributed by atoms with Crippen LogP contribution in [-0.4, -0.2) is 31.1 Å². The van der Waals surface area contributed by atoms with Gasteiger partial charge in [-0.05, 0) is 12.1 Å². The first-order chi connectivity index (χ1) is 11.5. The Bertz CT molecular complexity index is 961. The molecule has 24 heavy (non-hydrogen) atoms. The first kappa shape index (κ1) is 15.1. The van der Waals surface area contributed by atoms with Gasteiger partial charge in [0.15, 0.2) is 0 Å². The normalized spacial score (nSPS) is 11.2. The molecule has 1 aromatic heterocycles. The molecule has 0 bridgehead atoms. The van der Waals surface area contributed by atoms with Gasteiger partial charge < -0.3 is 10.1 Å². The zero-order valence-electron chi connectivity index (χ0n) is 11.9. The summed E-state index contributed by atoms with van der Waals surface area (Å²) < 4.78 is 0. The molecule has 0 aliphatic carbocycles. The highest BCUT2D eigenvalue weighted by Crippen LogP contribution is 2.33. The van der Waals surface area contributed by atoms with Crippen LogP contribution in [0.5, 0.6) is 5.75 Å². The SMILES string of the molecule is O=[N+]([O-])c1cc(C=Nc2nc3ccccc3[nH]2)c(O)c([N+](=O)[O-])c1. The molecule has 0 fully saturated rings. The fourth-order valence-corrected chi connectivity index (χ4v) is 2.10. The van der Waals surface area contributed by atoms with Crippen LogP contribution in [0.2, 0.25) is 0 Å². The van der Waals surface area contributed by atoms with E-state index in [1.807, 2.05) is 6.07 Å². The van der Waals surface area contributed by atoms with Crippen molar-refractivity contribution in [2.75, 3.05) is 0 Å². The van der Waals surface area contributed by atoms with Crippen molar-refractivity contribution in [3.05, 3.63) is 62.2 Å². The molecule has 0 atom stereocenters. The van der Waals surface area contributed by atoms with Crippen molar-refractivity contribution < 1.29 is 15.0 Å². The van der Waals surface area contributed by atoms with Crippen molar-refractivity contribution >= 4 is 34.6 Å². The number of aromatic hydroxyl groups is 1. The van der Waals surface area contributed by atoms with Gasteiger partial charge in [0.1, 0.15) is 0 Å². The molecule has 3 rings (SSSR count). The van der Waals surface area contributed by atoms with E-state index >= 15 is 0 Å². The summed E-state index contributed by atoms with van der Waals surface area (Å²) in [5.41, 5.74) is -0.0463. The van der Waals surface area contributed by atoms with Crippen molar-refractivity contribution in [1.82, 2.24) is 9.97 Å².